The van der Waals surface area contributed by atoms with E-state index < -0.39 is 29.3 Å². The molecule has 0 unspecified atom stereocenters. The highest BCUT2D eigenvalue weighted by Gasteiger charge is 2.36. The number of nitrogens with zero attached hydrogens (tertiary/aromatic N) is 2. The molecule has 146 valence electrons. The van der Waals surface area contributed by atoms with Crippen LogP contribution in [0.25, 0.3) is 0 Å². The number of benzene rings is 1. The molecule has 0 bridgehead atoms. The predicted molar refractivity (Wildman–Crippen MR) is 94.9 cm³/mol. The number of para-hydroxylation sites is 2. The molecule has 1 aliphatic rings. The molecular weight excluding hydrogens is 370 g/mol. The summed E-state index contributed by atoms with van der Waals surface area (Å²) >= 11 is 0. The van der Waals surface area contributed by atoms with Crippen molar-refractivity contribution in [3.05, 3.63) is 58.5 Å². The quantitative estimate of drug-likeness (QED) is 0.434. The molecule has 0 radical (unpaired) electrons. The summed E-state index contributed by atoms with van der Waals surface area (Å²) < 4.78 is 10.2. The van der Waals surface area contributed by atoms with Gasteiger partial charge in [0.15, 0.2) is 6.61 Å². The highest BCUT2D eigenvalue weighted by atomic mass is 16.6. The van der Waals surface area contributed by atoms with Gasteiger partial charge in [-0.05, 0) is 18.2 Å². The summed E-state index contributed by atoms with van der Waals surface area (Å²) in [6.45, 7) is -0.175. The van der Waals surface area contributed by atoms with Crippen LogP contribution in [0.15, 0.2) is 47.1 Å². The highest BCUT2D eigenvalue weighted by Crippen LogP contribution is 2.24. The number of hydrogen-bond acceptors (Lipinski definition) is 7. The molecule has 10 heteroatoms. The van der Waals surface area contributed by atoms with Gasteiger partial charge in [-0.1, -0.05) is 12.1 Å². The van der Waals surface area contributed by atoms with Crippen molar-refractivity contribution in [2.45, 2.75) is 13.0 Å². The lowest BCUT2D eigenvalue weighted by atomic mass is 10.1. The van der Waals surface area contributed by atoms with Crippen molar-refractivity contribution in [2.24, 2.45) is 5.92 Å². The van der Waals surface area contributed by atoms with Crippen molar-refractivity contribution in [3.63, 3.8) is 0 Å². The second-order valence-corrected chi connectivity index (χ2v) is 6.18. The van der Waals surface area contributed by atoms with Crippen molar-refractivity contribution < 1.29 is 28.5 Å². The molecule has 0 spiro atoms. The Morgan fingerprint density at radius 1 is 1.29 bits per heavy atom. The number of likely N-dealkylation sites (tertiary alicyclic amines) is 1. The van der Waals surface area contributed by atoms with Crippen LogP contribution in [0, 0.1) is 16.0 Å². The minimum atomic E-state index is -0.709. The maximum Gasteiger partial charge on any atom is 0.311 e. The van der Waals surface area contributed by atoms with E-state index in [-0.39, 0.29) is 36.8 Å². The van der Waals surface area contributed by atoms with Gasteiger partial charge < -0.3 is 19.4 Å². The van der Waals surface area contributed by atoms with E-state index in [2.05, 4.69) is 5.32 Å². The van der Waals surface area contributed by atoms with Crippen LogP contribution in [0.5, 0.6) is 0 Å². The fraction of sp³-hybridized carbons (Fsp3) is 0.278. The average Bonchev–Trinajstić information content (AvgIpc) is 3.30. The van der Waals surface area contributed by atoms with E-state index in [1.54, 1.807) is 12.1 Å². The molecule has 1 fully saturated rings. The van der Waals surface area contributed by atoms with Gasteiger partial charge in [-0.25, -0.2) is 0 Å². The Morgan fingerprint density at radius 3 is 2.79 bits per heavy atom. The molecule has 1 N–H and O–H groups in total. The van der Waals surface area contributed by atoms with E-state index in [0.29, 0.717) is 5.76 Å². The van der Waals surface area contributed by atoms with Crippen LogP contribution in [0.2, 0.25) is 0 Å². The van der Waals surface area contributed by atoms with Gasteiger partial charge in [0.05, 0.1) is 23.6 Å². The second-order valence-electron chi connectivity index (χ2n) is 6.18. The molecule has 0 saturated carbocycles. The maximum absolute atomic E-state index is 12.2. The fourth-order valence-corrected chi connectivity index (χ4v) is 2.85. The number of hydrogen-bond donors (Lipinski definition) is 1. The lowest BCUT2D eigenvalue weighted by Gasteiger charge is -2.14. The van der Waals surface area contributed by atoms with Crippen molar-refractivity contribution in [3.8, 4) is 0 Å². The van der Waals surface area contributed by atoms with Crippen molar-refractivity contribution in [1.29, 1.82) is 0 Å². The molecule has 2 amide bonds. The summed E-state index contributed by atoms with van der Waals surface area (Å²) in [5.41, 5.74) is -0.258. The van der Waals surface area contributed by atoms with E-state index in [1.165, 1.54) is 35.4 Å². The van der Waals surface area contributed by atoms with Gasteiger partial charge in [0, 0.05) is 19.0 Å². The Hall–Kier alpha value is -3.69. The highest BCUT2D eigenvalue weighted by molar-refractivity contribution is 5.95. The van der Waals surface area contributed by atoms with E-state index in [1.807, 2.05) is 0 Å². The molecule has 28 heavy (non-hydrogen) atoms. The lowest BCUT2D eigenvalue weighted by Crippen LogP contribution is -2.28. The third-order valence-corrected chi connectivity index (χ3v) is 4.19. The first-order valence-corrected chi connectivity index (χ1v) is 8.44. The summed E-state index contributed by atoms with van der Waals surface area (Å²) in [7, 11) is 0. The Kier molecular flexibility index (Phi) is 5.68. The molecule has 1 aromatic heterocycles. The zero-order chi connectivity index (χ0) is 20.1. The van der Waals surface area contributed by atoms with Crippen molar-refractivity contribution >= 4 is 29.2 Å². The van der Waals surface area contributed by atoms with Crippen LogP contribution >= 0.6 is 0 Å². The minimum absolute atomic E-state index is 0.00853. The molecule has 10 nitrogen and oxygen atoms in total. The fourth-order valence-electron chi connectivity index (χ4n) is 2.85. The summed E-state index contributed by atoms with van der Waals surface area (Å²) in [5, 5.41) is 13.3. The zero-order valence-electron chi connectivity index (χ0n) is 14.7. The SMILES string of the molecule is O=C(COC(=O)[C@H]1CC(=O)N(Cc2ccco2)C1)Nc1ccccc1[N+](=O)[O-]. The summed E-state index contributed by atoms with van der Waals surface area (Å²) in [6.07, 6.45) is 1.49. The van der Waals surface area contributed by atoms with E-state index in [9.17, 15) is 24.5 Å². The van der Waals surface area contributed by atoms with Crippen LogP contribution < -0.4 is 5.32 Å². The number of esters is 1. The van der Waals surface area contributed by atoms with Crippen LogP contribution in [0.1, 0.15) is 12.2 Å². The molecular formula is C18H17N3O7. The van der Waals surface area contributed by atoms with Gasteiger partial charge in [0.2, 0.25) is 5.91 Å². The monoisotopic (exact) mass is 387 g/mol. The molecule has 2 aromatic rings. The number of nitro groups is 1. The predicted octanol–water partition coefficient (Wildman–Crippen LogP) is 1.72. The normalized spacial score (nSPS) is 16.1. The molecule has 1 aliphatic heterocycles. The Labute approximate surface area is 159 Å². The molecule has 3 rings (SSSR count). The minimum Gasteiger partial charge on any atom is -0.467 e. The van der Waals surface area contributed by atoms with E-state index in [0.717, 1.165) is 0 Å². The average molecular weight is 387 g/mol. The molecule has 1 aromatic carbocycles. The van der Waals surface area contributed by atoms with Gasteiger partial charge in [0.1, 0.15) is 11.4 Å². The van der Waals surface area contributed by atoms with Crippen molar-refractivity contribution in [1.82, 2.24) is 4.90 Å². The van der Waals surface area contributed by atoms with Crippen LogP contribution in [-0.4, -0.2) is 40.8 Å². The molecule has 1 saturated heterocycles. The first-order valence-electron chi connectivity index (χ1n) is 8.44. The third-order valence-electron chi connectivity index (χ3n) is 4.19. The number of anilines is 1. The van der Waals surface area contributed by atoms with Crippen LogP contribution in [-0.2, 0) is 25.7 Å². The van der Waals surface area contributed by atoms with Gasteiger partial charge in [-0.15, -0.1) is 0 Å². The Bertz CT molecular complexity index is 894. The Balaban J connectivity index is 1.50. The maximum atomic E-state index is 12.2. The number of rotatable bonds is 7. The number of ether oxygens (including phenoxy) is 1. The topological polar surface area (TPSA) is 132 Å². The smallest absolute Gasteiger partial charge is 0.311 e. The van der Waals surface area contributed by atoms with E-state index >= 15 is 0 Å². The summed E-state index contributed by atoms with van der Waals surface area (Å²) in [5.74, 6) is -1.66. The molecule has 1 atom stereocenters. The first kappa shape index (κ1) is 19.1. The third kappa shape index (κ3) is 4.53. The summed E-state index contributed by atoms with van der Waals surface area (Å²) in [4.78, 5) is 47.9. The second kappa shape index (κ2) is 8.33. The van der Waals surface area contributed by atoms with Crippen LogP contribution in [0.3, 0.4) is 0 Å². The van der Waals surface area contributed by atoms with Gasteiger partial charge in [-0.2, -0.15) is 0 Å². The number of nitrogens with one attached hydrogen (secondary N) is 1. The standard InChI is InChI=1S/C18H17N3O7/c22-16(19-14-5-1-2-6-15(14)21(25)26)11-28-18(24)12-8-17(23)20(9-12)10-13-4-3-7-27-13/h1-7,12H,8-11H2,(H,19,22)/t12-/m0/s1. The van der Waals surface area contributed by atoms with E-state index in [4.69, 9.17) is 9.15 Å². The zero-order valence-corrected chi connectivity index (χ0v) is 14.7. The van der Waals surface area contributed by atoms with Gasteiger partial charge in [0.25, 0.3) is 11.6 Å². The number of furan rings is 1. The molecule has 0 aliphatic carbocycles. The van der Waals surface area contributed by atoms with Crippen LogP contribution in [0.4, 0.5) is 11.4 Å². The van der Waals surface area contributed by atoms with Gasteiger partial charge in [-0.3, -0.25) is 24.5 Å². The lowest BCUT2D eigenvalue weighted by molar-refractivity contribution is -0.383. The van der Waals surface area contributed by atoms with Crippen molar-refractivity contribution in [2.75, 3.05) is 18.5 Å². The first-order chi connectivity index (χ1) is 13.4. The summed E-state index contributed by atoms with van der Waals surface area (Å²) in [6, 6.07) is 9.06. The number of nitro benzene ring substituents is 1. The molecule has 2 heterocycles. The largest absolute Gasteiger partial charge is 0.467 e. The Morgan fingerprint density at radius 2 is 2.07 bits per heavy atom. The number of carbonyl (C=O) groups excluding carboxylic acids is 3. The number of carbonyl (C=O) groups is 3. The van der Waals surface area contributed by atoms with Gasteiger partial charge >= 0.3 is 5.97 Å². The number of amides is 2.